The summed E-state index contributed by atoms with van der Waals surface area (Å²) in [6.45, 7) is 1.61. The first-order valence-electron chi connectivity index (χ1n) is 7.51. The number of hydrogen-bond donors (Lipinski definition) is 3. The molecule has 1 saturated heterocycles. The zero-order chi connectivity index (χ0) is 15.9. The van der Waals surface area contributed by atoms with Gasteiger partial charge in [0.15, 0.2) is 18.2 Å². The Morgan fingerprint density at radius 2 is 2.32 bits per heavy atom. The van der Waals surface area contributed by atoms with Crippen LogP contribution < -0.4 is 5.73 Å². The van der Waals surface area contributed by atoms with Crippen LogP contribution in [0.2, 0.25) is 0 Å². The molecule has 2 aliphatic rings. The average Bonchev–Trinajstić information content (AvgIpc) is 3.00. The van der Waals surface area contributed by atoms with Crippen LogP contribution in [0.4, 0.5) is 10.2 Å². The molecule has 1 aromatic rings. The Balaban J connectivity index is 1.95. The maximum Gasteiger partial charge on any atom is 0.173 e. The van der Waals surface area contributed by atoms with E-state index in [-0.39, 0.29) is 12.0 Å². The number of aliphatic imine (C=N–C) groups is 1. The van der Waals surface area contributed by atoms with Crippen LogP contribution in [-0.2, 0) is 4.74 Å². The molecule has 7 nitrogen and oxygen atoms in total. The van der Waals surface area contributed by atoms with Crippen LogP contribution >= 0.6 is 0 Å². The van der Waals surface area contributed by atoms with E-state index in [4.69, 9.17) is 15.6 Å². The van der Waals surface area contributed by atoms with Crippen molar-refractivity contribution in [2.75, 3.05) is 6.61 Å². The molecular formula is C14H21FN4O3. The molecule has 0 bridgehead atoms. The molecule has 3 rings (SSSR count). The van der Waals surface area contributed by atoms with Crippen molar-refractivity contribution in [3.05, 3.63) is 12.0 Å². The Bertz CT molecular complexity index is 564. The van der Waals surface area contributed by atoms with E-state index in [0.29, 0.717) is 11.5 Å². The van der Waals surface area contributed by atoms with Crippen molar-refractivity contribution in [3.8, 4) is 0 Å². The van der Waals surface area contributed by atoms with E-state index in [0.717, 1.165) is 12.8 Å². The summed E-state index contributed by atoms with van der Waals surface area (Å²) >= 11 is 0. The van der Waals surface area contributed by atoms with Gasteiger partial charge in [0.05, 0.1) is 19.0 Å². The molecular weight excluding hydrogens is 291 g/mol. The molecule has 1 aromatic heterocycles. The highest BCUT2D eigenvalue weighted by Gasteiger charge is 2.46. The second-order valence-electron chi connectivity index (χ2n) is 5.78. The minimum Gasteiger partial charge on any atom is -0.394 e. The van der Waals surface area contributed by atoms with Gasteiger partial charge in [-0.05, 0) is 12.3 Å². The van der Waals surface area contributed by atoms with Gasteiger partial charge in [-0.15, -0.1) is 0 Å². The van der Waals surface area contributed by atoms with Crippen molar-refractivity contribution >= 4 is 12.0 Å². The van der Waals surface area contributed by atoms with Crippen LogP contribution in [0.1, 0.15) is 37.7 Å². The number of ether oxygens (including phenoxy) is 1. The van der Waals surface area contributed by atoms with Gasteiger partial charge in [-0.1, -0.05) is 13.3 Å². The lowest BCUT2D eigenvalue weighted by atomic mass is 9.93. The van der Waals surface area contributed by atoms with Gasteiger partial charge >= 0.3 is 0 Å². The van der Waals surface area contributed by atoms with Crippen molar-refractivity contribution in [1.82, 2.24) is 9.55 Å². The van der Waals surface area contributed by atoms with Gasteiger partial charge in [0.2, 0.25) is 0 Å². The number of imidazole rings is 1. The number of rotatable bonds is 3. The molecule has 22 heavy (non-hydrogen) atoms. The summed E-state index contributed by atoms with van der Waals surface area (Å²) in [5.74, 6) is 0.691. The maximum absolute atomic E-state index is 14.3. The molecule has 3 heterocycles. The Kier molecular flexibility index (Phi) is 4.26. The first kappa shape index (κ1) is 15.5. The zero-order valence-corrected chi connectivity index (χ0v) is 12.3. The Hall–Kier alpha value is -1.35. The highest BCUT2D eigenvalue weighted by atomic mass is 19.1. The first-order chi connectivity index (χ1) is 10.6. The fourth-order valence-electron chi connectivity index (χ4n) is 3.07. The number of hydrogen-bond acceptors (Lipinski definition) is 6. The second-order valence-corrected chi connectivity index (χ2v) is 5.78. The second kappa shape index (κ2) is 6.04. The molecule has 0 spiro atoms. The fraction of sp³-hybridized carbons (Fsp3) is 0.714. The maximum atomic E-state index is 14.3. The molecule has 0 aliphatic carbocycles. The van der Waals surface area contributed by atoms with E-state index in [1.54, 1.807) is 6.21 Å². The van der Waals surface area contributed by atoms with E-state index in [1.165, 1.54) is 10.9 Å². The summed E-state index contributed by atoms with van der Waals surface area (Å²) in [6, 6.07) is -0.276. The zero-order valence-electron chi connectivity index (χ0n) is 12.3. The SMILES string of the molecule is CCC1CC=Nc2c(ncn2C2OC(CO)C(O)C2F)C1N. The van der Waals surface area contributed by atoms with Crippen LogP contribution in [0.5, 0.6) is 0 Å². The van der Waals surface area contributed by atoms with Crippen molar-refractivity contribution in [3.63, 3.8) is 0 Å². The molecule has 4 N–H and O–H groups in total. The van der Waals surface area contributed by atoms with Gasteiger partial charge in [0.25, 0.3) is 0 Å². The monoisotopic (exact) mass is 312 g/mol. The Morgan fingerprint density at radius 3 is 2.95 bits per heavy atom. The number of nitrogens with two attached hydrogens (primary N) is 1. The number of nitrogens with zero attached hydrogens (tertiary/aromatic N) is 3. The minimum atomic E-state index is -1.66. The number of aliphatic hydroxyl groups excluding tert-OH is 2. The lowest BCUT2D eigenvalue weighted by Gasteiger charge is -2.19. The molecule has 0 saturated carbocycles. The van der Waals surface area contributed by atoms with Crippen LogP contribution in [0.15, 0.2) is 11.3 Å². The summed E-state index contributed by atoms with van der Waals surface area (Å²) in [5, 5.41) is 18.9. The molecule has 122 valence electrons. The fourth-order valence-corrected chi connectivity index (χ4v) is 3.07. The van der Waals surface area contributed by atoms with E-state index >= 15 is 0 Å². The van der Waals surface area contributed by atoms with Crippen molar-refractivity contribution < 1.29 is 19.3 Å². The minimum absolute atomic E-state index is 0.231. The number of alkyl halides is 1. The van der Waals surface area contributed by atoms with E-state index in [9.17, 15) is 9.50 Å². The molecule has 0 radical (unpaired) electrons. The number of aromatic nitrogens is 2. The summed E-state index contributed by atoms with van der Waals surface area (Å²) in [4.78, 5) is 8.64. The van der Waals surface area contributed by atoms with Crippen molar-refractivity contribution in [2.45, 2.75) is 50.4 Å². The van der Waals surface area contributed by atoms with E-state index in [1.807, 2.05) is 0 Å². The standard InChI is InChI=1S/C14H21FN4O3/c1-2-7-3-4-17-13-11(10(7)16)18-6-19(13)14-9(15)12(21)8(5-20)22-14/h4,6-10,12,14,20-21H,2-3,5,16H2,1H3. The Labute approximate surface area is 127 Å². The van der Waals surface area contributed by atoms with Gasteiger partial charge in [-0.2, -0.15) is 0 Å². The summed E-state index contributed by atoms with van der Waals surface area (Å²) in [5.41, 5.74) is 6.86. The average molecular weight is 312 g/mol. The molecule has 8 heteroatoms. The van der Waals surface area contributed by atoms with Gasteiger partial charge in [0, 0.05) is 6.21 Å². The Morgan fingerprint density at radius 1 is 1.55 bits per heavy atom. The molecule has 0 amide bonds. The number of fused-ring (bicyclic) bond motifs is 1. The molecule has 0 aromatic carbocycles. The molecule has 6 atom stereocenters. The van der Waals surface area contributed by atoms with Gasteiger partial charge in [0.1, 0.15) is 17.9 Å². The predicted octanol–water partition coefficient (Wildman–Crippen LogP) is 0.604. The van der Waals surface area contributed by atoms with Gasteiger partial charge in [-0.3, -0.25) is 4.57 Å². The van der Waals surface area contributed by atoms with Gasteiger partial charge < -0.3 is 20.7 Å². The van der Waals surface area contributed by atoms with Crippen LogP contribution in [0.3, 0.4) is 0 Å². The van der Waals surface area contributed by atoms with Crippen LogP contribution in [0, 0.1) is 5.92 Å². The smallest absolute Gasteiger partial charge is 0.173 e. The normalized spacial score (nSPS) is 38.0. The lowest BCUT2D eigenvalue weighted by Crippen LogP contribution is -2.30. The number of aliphatic hydroxyl groups is 2. The van der Waals surface area contributed by atoms with Crippen molar-refractivity contribution in [1.29, 1.82) is 0 Å². The highest BCUT2D eigenvalue weighted by Crippen LogP contribution is 2.39. The topological polar surface area (TPSA) is 106 Å². The summed E-state index contributed by atoms with van der Waals surface area (Å²) < 4.78 is 21.1. The summed E-state index contributed by atoms with van der Waals surface area (Å²) in [7, 11) is 0. The van der Waals surface area contributed by atoms with E-state index in [2.05, 4.69) is 16.9 Å². The predicted molar refractivity (Wildman–Crippen MR) is 77.6 cm³/mol. The third-order valence-corrected chi connectivity index (χ3v) is 4.51. The lowest BCUT2D eigenvalue weighted by molar-refractivity contribution is -0.0466. The quantitative estimate of drug-likeness (QED) is 0.758. The van der Waals surface area contributed by atoms with Crippen LogP contribution in [-0.4, -0.2) is 51.0 Å². The third-order valence-electron chi connectivity index (χ3n) is 4.51. The number of halogens is 1. The molecule has 2 aliphatic heterocycles. The molecule has 1 fully saturated rings. The largest absolute Gasteiger partial charge is 0.394 e. The van der Waals surface area contributed by atoms with Crippen LogP contribution in [0.25, 0.3) is 0 Å². The summed E-state index contributed by atoms with van der Waals surface area (Å²) in [6.07, 6.45) is -0.219. The van der Waals surface area contributed by atoms with Crippen molar-refractivity contribution in [2.24, 2.45) is 16.6 Å². The first-order valence-corrected chi connectivity index (χ1v) is 7.51. The highest BCUT2D eigenvalue weighted by molar-refractivity contribution is 5.65. The van der Waals surface area contributed by atoms with E-state index < -0.39 is 31.2 Å². The molecule has 6 unspecified atom stereocenters. The van der Waals surface area contributed by atoms with Gasteiger partial charge in [-0.25, -0.2) is 14.4 Å². The third kappa shape index (κ3) is 2.36.